The first kappa shape index (κ1) is 18.0. The molecule has 3 rings (SSSR count). The van der Waals surface area contributed by atoms with Crippen molar-refractivity contribution in [2.45, 2.75) is 32.4 Å². The zero-order chi connectivity index (χ0) is 17.6. The van der Waals surface area contributed by atoms with Gasteiger partial charge in [0.05, 0.1) is 23.7 Å². The summed E-state index contributed by atoms with van der Waals surface area (Å²) >= 11 is 0. The molecule has 1 aliphatic heterocycles. The lowest BCUT2D eigenvalue weighted by molar-refractivity contribution is 0.0918. The van der Waals surface area contributed by atoms with E-state index in [2.05, 4.69) is 27.0 Å². The van der Waals surface area contributed by atoms with Crippen molar-refractivity contribution >= 4 is 0 Å². The number of nitrogens with zero attached hydrogens (tertiary/aromatic N) is 5. The second kappa shape index (κ2) is 8.56. The van der Waals surface area contributed by atoms with Gasteiger partial charge in [-0.05, 0) is 58.0 Å². The zero-order valence-corrected chi connectivity index (χ0v) is 15.3. The number of para-hydroxylation sites is 1. The summed E-state index contributed by atoms with van der Waals surface area (Å²) in [5.41, 5.74) is 1.99. The Morgan fingerprint density at radius 1 is 1.24 bits per heavy atom. The molecule has 0 spiro atoms. The second-order valence-corrected chi connectivity index (χ2v) is 7.25. The largest absolute Gasteiger partial charge is 0.392 e. The minimum atomic E-state index is -0.230. The number of rotatable bonds is 7. The Labute approximate surface area is 150 Å². The number of aliphatic hydroxyl groups is 1. The summed E-state index contributed by atoms with van der Waals surface area (Å²) in [7, 11) is 2.16. The molecular formula is C19H29N5O. The maximum atomic E-state index is 9.50. The molecule has 1 N–H and O–H groups in total. The molecule has 1 aliphatic rings. The van der Waals surface area contributed by atoms with E-state index in [0.29, 0.717) is 0 Å². The fourth-order valence-corrected chi connectivity index (χ4v) is 3.56. The summed E-state index contributed by atoms with van der Waals surface area (Å²) in [5.74, 6) is 0.722. The van der Waals surface area contributed by atoms with Gasteiger partial charge in [-0.15, -0.1) is 0 Å². The van der Waals surface area contributed by atoms with Gasteiger partial charge in [0.2, 0.25) is 0 Å². The van der Waals surface area contributed by atoms with Crippen molar-refractivity contribution in [2.24, 2.45) is 5.92 Å². The van der Waals surface area contributed by atoms with Crippen LogP contribution in [0.15, 0.2) is 36.5 Å². The first-order valence-corrected chi connectivity index (χ1v) is 9.16. The van der Waals surface area contributed by atoms with Gasteiger partial charge in [0.15, 0.2) is 0 Å². The Balaban J connectivity index is 1.46. The maximum absolute atomic E-state index is 9.50. The van der Waals surface area contributed by atoms with Gasteiger partial charge in [-0.1, -0.05) is 18.2 Å². The van der Waals surface area contributed by atoms with E-state index >= 15 is 0 Å². The molecule has 0 bridgehead atoms. The molecule has 1 saturated heterocycles. The van der Waals surface area contributed by atoms with Crippen molar-refractivity contribution in [3.05, 3.63) is 42.2 Å². The molecule has 0 amide bonds. The smallest absolute Gasteiger partial charge is 0.0971 e. The van der Waals surface area contributed by atoms with Crippen LogP contribution < -0.4 is 0 Å². The van der Waals surface area contributed by atoms with Gasteiger partial charge in [0.25, 0.3) is 0 Å². The summed E-state index contributed by atoms with van der Waals surface area (Å²) in [5, 5.41) is 18.5. The highest BCUT2D eigenvalue weighted by atomic mass is 16.3. The topological polar surface area (TPSA) is 57.4 Å². The molecule has 0 saturated carbocycles. The summed E-state index contributed by atoms with van der Waals surface area (Å²) in [6.07, 6.45) is 4.03. The van der Waals surface area contributed by atoms with Crippen LogP contribution in [0.5, 0.6) is 0 Å². The van der Waals surface area contributed by atoms with E-state index in [-0.39, 0.29) is 6.10 Å². The summed E-state index contributed by atoms with van der Waals surface area (Å²) in [4.78, 5) is 6.40. The molecule has 1 aromatic carbocycles. The molecule has 0 aliphatic carbocycles. The van der Waals surface area contributed by atoms with Gasteiger partial charge in [-0.2, -0.15) is 15.0 Å². The molecule has 1 aromatic heterocycles. The Morgan fingerprint density at radius 3 is 2.64 bits per heavy atom. The van der Waals surface area contributed by atoms with Crippen LogP contribution in [0.1, 0.15) is 25.5 Å². The molecule has 1 fully saturated rings. The first-order valence-electron chi connectivity index (χ1n) is 9.16. The molecule has 0 radical (unpaired) electrons. The lowest BCUT2D eigenvalue weighted by Gasteiger charge is -2.34. The average Bonchev–Trinajstić information content (AvgIpc) is 3.05. The first-order chi connectivity index (χ1) is 12.1. The minimum absolute atomic E-state index is 0.230. The van der Waals surface area contributed by atoms with Crippen molar-refractivity contribution in [1.82, 2.24) is 24.8 Å². The van der Waals surface area contributed by atoms with E-state index in [1.807, 2.05) is 43.5 Å². The van der Waals surface area contributed by atoms with Crippen LogP contribution >= 0.6 is 0 Å². The molecule has 0 unspecified atom stereocenters. The Bertz CT molecular complexity index is 634. The number of likely N-dealkylation sites (tertiary alicyclic amines) is 1. The summed E-state index contributed by atoms with van der Waals surface area (Å²) in [6.45, 7) is 6.75. The van der Waals surface area contributed by atoms with Crippen molar-refractivity contribution < 1.29 is 5.11 Å². The van der Waals surface area contributed by atoms with E-state index in [1.54, 1.807) is 4.80 Å². The third kappa shape index (κ3) is 5.36. The lowest BCUT2D eigenvalue weighted by atomic mass is 9.96. The lowest BCUT2D eigenvalue weighted by Crippen LogP contribution is -2.40. The molecule has 25 heavy (non-hydrogen) atoms. The number of benzene rings is 1. The average molecular weight is 343 g/mol. The van der Waals surface area contributed by atoms with Crippen LogP contribution in [-0.4, -0.2) is 69.2 Å². The number of aliphatic hydroxyl groups excluding tert-OH is 1. The summed E-state index contributed by atoms with van der Waals surface area (Å²) < 4.78 is 0. The van der Waals surface area contributed by atoms with E-state index in [0.717, 1.165) is 50.0 Å². The Hall–Kier alpha value is -1.76. The quantitative estimate of drug-likeness (QED) is 0.831. The van der Waals surface area contributed by atoms with E-state index in [9.17, 15) is 5.11 Å². The highest BCUT2D eigenvalue weighted by molar-refractivity contribution is 5.28. The maximum Gasteiger partial charge on any atom is 0.0971 e. The van der Waals surface area contributed by atoms with Crippen LogP contribution in [0.25, 0.3) is 5.69 Å². The Morgan fingerprint density at radius 2 is 1.96 bits per heavy atom. The Kier molecular flexibility index (Phi) is 6.18. The van der Waals surface area contributed by atoms with Crippen molar-refractivity contribution in [3.63, 3.8) is 0 Å². The SMILES string of the molecule is C[C@@H](O)CN1CCC(CN(C)Cc2cnn(-c3ccccc3)n2)CC1. The predicted octanol–water partition coefficient (Wildman–Crippen LogP) is 1.79. The molecule has 6 nitrogen and oxygen atoms in total. The third-order valence-corrected chi connectivity index (χ3v) is 4.76. The number of hydrogen-bond acceptors (Lipinski definition) is 5. The van der Waals surface area contributed by atoms with Crippen molar-refractivity contribution in [2.75, 3.05) is 33.2 Å². The molecule has 6 heteroatoms. The predicted molar refractivity (Wildman–Crippen MR) is 98.5 cm³/mol. The summed E-state index contributed by atoms with van der Waals surface area (Å²) in [6, 6.07) is 10.0. The van der Waals surface area contributed by atoms with Gasteiger partial charge < -0.3 is 14.9 Å². The van der Waals surface area contributed by atoms with Gasteiger partial charge in [-0.25, -0.2) is 0 Å². The highest BCUT2D eigenvalue weighted by Crippen LogP contribution is 2.19. The van der Waals surface area contributed by atoms with Gasteiger partial charge in [-0.3, -0.25) is 0 Å². The van der Waals surface area contributed by atoms with E-state index in [4.69, 9.17) is 0 Å². The molecule has 2 heterocycles. The molecule has 2 aromatic rings. The van der Waals surface area contributed by atoms with E-state index in [1.165, 1.54) is 12.8 Å². The van der Waals surface area contributed by atoms with Crippen LogP contribution in [-0.2, 0) is 6.54 Å². The third-order valence-electron chi connectivity index (χ3n) is 4.76. The number of aromatic nitrogens is 3. The van der Waals surface area contributed by atoms with E-state index < -0.39 is 0 Å². The van der Waals surface area contributed by atoms with Crippen LogP contribution in [0.4, 0.5) is 0 Å². The van der Waals surface area contributed by atoms with Gasteiger partial charge in [0.1, 0.15) is 0 Å². The van der Waals surface area contributed by atoms with Crippen LogP contribution in [0, 0.1) is 5.92 Å². The molecule has 136 valence electrons. The highest BCUT2D eigenvalue weighted by Gasteiger charge is 2.21. The fraction of sp³-hybridized carbons (Fsp3) is 0.579. The van der Waals surface area contributed by atoms with Gasteiger partial charge in [0, 0.05) is 19.6 Å². The second-order valence-electron chi connectivity index (χ2n) is 7.25. The van der Waals surface area contributed by atoms with Crippen LogP contribution in [0.3, 0.4) is 0 Å². The normalized spacial score (nSPS) is 17.9. The molecular weight excluding hydrogens is 314 g/mol. The fourth-order valence-electron chi connectivity index (χ4n) is 3.56. The number of hydrogen-bond donors (Lipinski definition) is 1. The minimum Gasteiger partial charge on any atom is -0.392 e. The molecule has 1 atom stereocenters. The van der Waals surface area contributed by atoms with Crippen molar-refractivity contribution in [3.8, 4) is 5.69 Å². The standard InChI is InChI=1S/C19H29N5O/c1-16(25)13-23-10-8-17(9-11-23)14-22(2)15-18-12-20-24(21-18)19-6-4-3-5-7-19/h3-7,12,16-17,25H,8-11,13-15H2,1-2H3/t16-/m1/s1. The van der Waals surface area contributed by atoms with Crippen molar-refractivity contribution in [1.29, 1.82) is 0 Å². The van der Waals surface area contributed by atoms with Gasteiger partial charge >= 0.3 is 0 Å². The number of β-amino-alcohol motifs (C(OH)–C–C–N with tert-alkyl or cyclic N) is 1. The number of piperidine rings is 1. The van der Waals surface area contributed by atoms with Crippen LogP contribution in [0.2, 0.25) is 0 Å². The zero-order valence-electron chi connectivity index (χ0n) is 15.3. The monoisotopic (exact) mass is 343 g/mol.